The maximum Gasteiger partial charge on any atom is 0.203 e. The van der Waals surface area contributed by atoms with Crippen LogP contribution in [0.3, 0.4) is 0 Å². The first-order valence-electron chi connectivity index (χ1n) is 12.3. The Hall–Kier alpha value is -3.22. The molecule has 36 heavy (non-hydrogen) atoms. The zero-order chi connectivity index (χ0) is 25.2. The van der Waals surface area contributed by atoms with E-state index in [4.69, 9.17) is 9.47 Å². The van der Waals surface area contributed by atoms with Crippen molar-refractivity contribution in [3.8, 4) is 22.6 Å². The average molecular weight is 504 g/mol. The molecule has 0 unspecified atom stereocenters. The molecule has 4 aromatic rings. The summed E-state index contributed by atoms with van der Waals surface area (Å²) in [5, 5.41) is 0.987. The fourth-order valence-corrected chi connectivity index (χ4v) is 6.10. The van der Waals surface area contributed by atoms with E-state index in [1.54, 1.807) is 20.1 Å². The number of halogens is 1. The molecule has 1 saturated heterocycles. The van der Waals surface area contributed by atoms with E-state index in [0.29, 0.717) is 22.6 Å². The molecule has 186 valence electrons. The van der Waals surface area contributed by atoms with Crippen LogP contribution in [0.4, 0.5) is 4.39 Å². The summed E-state index contributed by atoms with van der Waals surface area (Å²) in [6.07, 6.45) is 1.26. The molecule has 0 radical (unpaired) electrons. The first kappa shape index (κ1) is 24.5. The molecule has 3 aromatic carbocycles. The molecule has 4 nitrogen and oxygen atoms in total. The van der Waals surface area contributed by atoms with Crippen LogP contribution in [0.2, 0.25) is 0 Å². The second-order valence-corrected chi connectivity index (χ2v) is 10.6. The molecular weight excluding hydrogens is 473 g/mol. The summed E-state index contributed by atoms with van der Waals surface area (Å²) >= 11 is 1.44. The minimum Gasteiger partial charge on any atom is -0.497 e. The van der Waals surface area contributed by atoms with E-state index in [9.17, 15) is 9.18 Å². The molecule has 1 aliphatic heterocycles. The Morgan fingerprint density at radius 3 is 2.56 bits per heavy atom. The maximum atomic E-state index is 13.7. The van der Waals surface area contributed by atoms with Crippen LogP contribution in [0.15, 0.2) is 60.7 Å². The third kappa shape index (κ3) is 5.01. The number of fused-ring (bicyclic) bond motifs is 1. The van der Waals surface area contributed by atoms with Gasteiger partial charge in [-0.3, -0.25) is 9.69 Å². The van der Waals surface area contributed by atoms with E-state index >= 15 is 0 Å². The molecular formula is C30H30FNO3S. The van der Waals surface area contributed by atoms with Crippen molar-refractivity contribution in [3.05, 3.63) is 82.5 Å². The van der Waals surface area contributed by atoms with Gasteiger partial charge in [0, 0.05) is 34.3 Å². The van der Waals surface area contributed by atoms with Crippen molar-refractivity contribution in [1.29, 1.82) is 0 Å². The molecule has 0 spiro atoms. The fraction of sp³-hybridized carbons (Fsp3) is 0.300. The second kappa shape index (κ2) is 10.4. The van der Waals surface area contributed by atoms with E-state index in [1.807, 2.05) is 42.5 Å². The largest absolute Gasteiger partial charge is 0.497 e. The standard InChI is InChI=1S/C30H30FNO3S/c1-19-12-13-32(18-19)14-15-35-23-7-4-21(5-8-23)28-26-11-9-24(34-3)17-27(26)36-30(28)29(33)25-10-6-22(31)16-20(25)2/h4-11,16-17,19H,12-15,18H2,1-3H3/t19-/m1/s1. The number of likely N-dealkylation sites (tertiary alicyclic amines) is 1. The van der Waals surface area contributed by atoms with Crippen LogP contribution < -0.4 is 9.47 Å². The summed E-state index contributed by atoms with van der Waals surface area (Å²) < 4.78 is 26.1. The molecule has 0 bridgehead atoms. The maximum absolute atomic E-state index is 13.7. The van der Waals surface area contributed by atoms with Gasteiger partial charge in [-0.2, -0.15) is 0 Å². The highest BCUT2D eigenvalue weighted by atomic mass is 32.1. The van der Waals surface area contributed by atoms with Gasteiger partial charge in [-0.15, -0.1) is 11.3 Å². The highest BCUT2D eigenvalue weighted by Gasteiger charge is 2.23. The summed E-state index contributed by atoms with van der Waals surface area (Å²) in [4.78, 5) is 16.8. The Morgan fingerprint density at radius 1 is 1.08 bits per heavy atom. The van der Waals surface area contributed by atoms with Gasteiger partial charge in [-0.25, -0.2) is 4.39 Å². The third-order valence-electron chi connectivity index (χ3n) is 6.86. The Balaban J connectivity index is 1.45. The molecule has 1 atom stereocenters. The van der Waals surface area contributed by atoms with E-state index in [-0.39, 0.29) is 11.6 Å². The number of hydrogen-bond donors (Lipinski definition) is 0. The molecule has 2 heterocycles. The normalized spacial score (nSPS) is 15.9. The van der Waals surface area contributed by atoms with Crippen LogP contribution in [0.1, 0.15) is 34.1 Å². The molecule has 1 aliphatic rings. The average Bonchev–Trinajstić information content (AvgIpc) is 3.47. The number of ether oxygens (including phenoxy) is 2. The Labute approximate surface area is 215 Å². The lowest BCUT2D eigenvalue weighted by Gasteiger charge is -2.15. The first-order chi connectivity index (χ1) is 17.4. The lowest BCUT2D eigenvalue weighted by molar-refractivity contribution is 0.104. The van der Waals surface area contributed by atoms with Crippen LogP contribution in [0, 0.1) is 18.7 Å². The molecule has 1 aromatic heterocycles. The van der Waals surface area contributed by atoms with Crippen molar-refractivity contribution in [2.45, 2.75) is 20.3 Å². The number of hydrogen-bond acceptors (Lipinski definition) is 5. The SMILES string of the molecule is COc1ccc2c(-c3ccc(OCCN4CC[C@@H](C)C4)cc3)c(C(=O)c3ccc(F)cc3C)sc2c1. The van der Waals surface area contributed by atoms with Crippen molar-refractivity contribution >= 4 is 27.2 Å². The van der Waals surface area contributed by atoms with Crippen molar-refractivity contribution in [1.82, 2.24) is 4.90 Å². The molecule has 0 N–H and O–H groups in total. The molecule has 0 aliphatic carbocycles. The molecule has 5 rings (SSSR count). The van der Waals surface area contributed by atoms with E-state index in [2.05, 4.69) is 11.8 Å². The fourth-order valence-electron chi connectivity index (χ4n) is 4.89. The van der Waals surface area contributed by atoms with Gasteiger partial charge >= 0.3 is 0 Å². The summed E-state index contributed by atoms with van der Waals surface area (Å²) in [6.45, 7) is 7.92. The molecule has 0 saturated carbocycles. The summed E-state index contributed by atoms with van der Waals surface area (Å²) in [6, 6.07) is 18.1. The van der Waals surface area contributed by atoms with Crippen LogP contribution in [0.25, 0.3) is 21.2 Å². The minimum atomic E-state index is -0.347. The van der Waals surface area contributed by atoms with Crippen LogP contribution in [-0.2, 0) is 0 Å². The van der Waals surface area contributed by atoms with Gasteiger partial charge < -0.3 is 9.47 Å². The third-order valence-corrected chi connectivity index (χ3v) is 8.02. The van der Waals surface area contributed by atoms with Gasteiger partial charge in [0.15, 0.2) is 0 Å². The number of nitrogens with zero attached hydrogens (tertiary/aromatic N) is 1. The van der Waals surface area contributed by atoms with Crippen LogP contribution in [-0.4, -0.2) is 44.0 Å². The van der Waals surface area contributed by atoms with Gasteiger partial charge in [0.1, 0.15) is 23.9 Å². The number of aryl methyl sites for hydroxylation is 1. The van der Waals surface area contributed by atoms with E-state index in [0.717, 1.165) is 58.3 Å². The number of carbonyl (C=O) groups is 1. The summed E-state index contributed by atoms with van der Waals surface area (Å²) in [5.74, 6) is 1.86. The molecule has 6 heteroatoms. The number of ketones is 1. The summed E-state index contributed by atoms with van der Waals surface area (Å²) in [7, 11) is 1.63. The number of rotatable bonds is 8. The quantitative estimate of drug-likeness (QED) is 0.243. The van der Waals surface area contributed by atoms with Gasteiger partial charge in [-0.1, -0.05) is 19.1 Å². The van der Waals surface area contributed by atoms with Crippen molar-refractivity contribution in [2.75, 3.05) is 33.4 Å². The minimum absolute atomic E-state index is 0.108. The van der Waals surface area contributed by atoms with Crippen molar-refractivity contribution in [3.63, 3.8) is 0 Å². The van der Waals surface area contributed by atoms with E-state index < -0.39 is 0 Å². The zero-order valence-corrected chi connectivity index (χ0v) is 21.7. The Kier molecular flexibility index (Phi) is 7.08. The topological polar surface area (TPSA) is 38.8 Å². The first-order valence-corrected chi connectivity index (χ1v) is 13.1. The second-order valence-electron chi connectivity index (χ2n) is 9.52. The lowest BCUT2D eigenvalue weighted by Crippen LogP contribution is -2.25. The summed E-state index contributed by atoms with van der Waals surface area (Å²) in [5.41, 5.74) is 2.95. The van der Waals surface area contributed by atoms with Crippen LogP contribution in [0.5, 0.6) is 11.5 Å². The van der Waals surface area contributed by atoms with Gasteiger partial charge in [0.25, 0.3) is 0 Å². The number of thiophene rings is 1. The molecule has 1 fully saturated rings. The predicted molar refractivity (Wildman–Crippen MR) is 144 cm³/mol. The predicted octanol–water partition coefficient (Wildman–Crippen LogP) is 6.98. The smallest absolute Gasteiger partial charge is 0.203 e. The Morgan fingerprint density at radius 2 is 1.86 bits per heavy atom. The van der Waals surface area contributed by atoms with Crippen molar-refractivity contribution in [2.24, 2.45) is 5.92 Å². The lowest BCUT2D eigenvalue weighted by atomic mass is 9.96. The number of benzene rings is 3. The van der Waals surface area contributed by atoms with Crippen LogP contribution >= 0.6 is 11.3 Å². The Bertz CT molecular complexity index is 1400. The van der Waals surface area contributed by atoms with Gasteiger partial charge in [-0.05, 0) is 85.5 Å². The number of carbonyl (C=O) groups excluding carboxylic acids is 1. The van der Waals surface area contributed by atoms with Gasteiger partial charge in [0.2, 0.25) is 5.78 Å². The highest BCUT2D eigenvalue weighted by molar-refractivity contribution is 7.21. The monoisotopic (exact) mass is 503 g/mol. The van der Waals surface area contributed by atoms with E-state index in [1.165, 1.54) is 29.9 Å². The molecule has 0 amide bonds. The van der Waals surface area contributed by atoms with Gasteiger partial charge in [0.05, 0.1) is 12.0 Å². The number of methoxy groups -OCH3 is 1. The highest BCUT2D eigenvalue weighted by Crippen LogP contribution is 2.42. The van der Waals surface area contributed by atoms with Crippen molar-refractivity contribution < 1.29 is 18.7 Å². The zero-order valence-electron chi connectivity index (χ0n) is 20.8.